The number of hydrogen-bond acceptors (Lipinski definition) is 3. The van der Waals surface area contributed by atoms with Gasteiger partial charge in [0.25, 0.3) is 0 Å². The Labute approximate surface area is 140 Å². The van der Waals surface area contributed by atoms with Gasteiger partial charge in [0.05, 0.1) is 16.8 Å². The fourth-order valence-electron chi connectivity index (χ4n) is 2.36. The molecule has 1 aromatic carbocycles. The molecule has 0 radical (unpaired) electrons. The summed E-state index contributed by atoms with van der Waals surface area (Å²) in [5, 5.41) is -2.71. The lowest BCUT2D eigenvalue weighted by molar-refractivity contribution is -0.132. The topological polar surface area (TPSA) is 56.2 Å². The van der Waals surface area contributed by atoms with Gasteiger partial charge in [0.15, 0.2) is 5.38 Å². The average molecular weight is 381 g/mol. The van der Waals surface area contributed by atoms with Crippen LogP contribution in [-0.4, -0.2) is 20.5 Å². The molecule has 11 heteroatoms. The molecule has 1 unspecified atom stereocenters. The minimum atomic E-state index is -4.98. The molecule has 2 N–H and O–H groups in total. The predicted octanol–water partition coefficient (Wildman–Crippen LogP) is 4.24. The molecule has 2 aromatic heterocycles. The van der Waals surface area contributed by atoms with Gasteiger partial charge in [-0.2, -0.15) is 13.2 Å². The van der Waals surface area contributed by atoms with E-state index in [1.165, 1.54) is 12.4 Å². The second-order valence-corrected chi connectivity index (χ2v) is 5.44. The molecule has 4 nitrogen and oxygen atoms in total. The summed E-state index contributed by atoms with van der Waals surface area (Å²) in [7, 11) is 0. The lowest BCUT2D eigenvalue weighted by atomic mass is 10.0. The molecular weight excluding hydrogens is 374 g/mol. The number of aromatic nitrogens is 3. The molecule has 0 saturated heterocycles. The minimum Gasteiger partial charge on any atom is -0.384 e. The number of hydrogen-bond donors (Lipinski definition) is 1. The van der Waals surface area contributed by atoms with Crippen molar-refractivity contribution in [3.63, 3.8) is 0 Å². The van der Waals surface area contributed by atoms with E-state index in [9.17, 15) is 26.3 Å². The first-order valence-electron chi connectivity index (χ1n) is 6.59. The van der Waals surface area contributed by atoms with Gasteiger partial charge >= 0.3 is 6.18 Å². The Morgan fingerprint density at radius 3 is 2.24 bits per heavy atom. The van der Waals surface area contributed by atoms with Crippen LogP contribution in [-0.2, 0) is 0 Å². The second-order valence-electron chi connectivity index (χ2n) is 5.00. The van der Waals surface area contributed by atoms with E-state index >= 15 is 0 Å². The van der Waals surface area contributed by atoms with E-state index in [0.717, 1.165) is 4.40 Å². The van der Waals surface area contributed by atoms with E-state index in [4.69, 9.17) is 17.3 Å². The number of benzene rings is 1. The molecule has 0 saturated carbocycles. The Hall–Kier alpha value is -2.49. The molecule has 1 atom stereocenters. The second kappa shape index (κ2) is 5.80. The van der Waals surface area contributed by atoms with Crippen LogP contribution in [0.2, 0.25) is 0 Å². The fourth-order valence-corrected chi connectivity index (χ4v) is 2.52. The van der Waals surface area contributed by atoms with Crippen molar-refractivity contribution in [2.45, 2.75) is 11.6 Å². The standard InChI is InChI=1S/C14H7ClF6N4/c15-11(14(19,20)21)10-9(8-6(17)3-5(16)4-7(8)18)12(22)25-2-1-23-13(25)24-10/h1-4,11H,22H2. The van der Waals surface area contributed by atoms with E-state index in [2.05, 4.69) is 9.97 Å². The summed E-state index contributed by atoms with van der Waals surface area (Å²) < 4.78 is 81.6. The van der Waals surface area contributed by atoms with Gasteiger partial charge in [-0.15, -0.1) is 11.6 Å². The number of nitrogens with two attached hydrogens (primary N) is 1. The summed E-state index contributed by atoms with van der Waals surface area (Å²) in [6.07, 6.45) is -2.56. The van der Waals surface area contributed by atoms with Crippen LogP contribution < -0.4 is 5.73 Å². The van der Waals surface area contributed by atoms with Crippen molar-refractivity contribution >= 4 is 23.2 Å². The van der Waals surface area contributed by atoms with Crippen molar-refractivity contribution in [2.75, 3.05) is 5.73 Å². The molecule has 2 heterocycles. The first kappa shape index (κ1) is 17.3. The van der Waals surface area contributed by atoms with Crippen molar-refractivity contribution < 1.29 is 26.3 Å². The Bertz CT molecular complexity index is 945. The first-order chi connectivity index (χ1) is 11.6. The third kappa shape index (κ3) is 2.86. The van der Waals surface area contributed by atoms with Gasteiger partial charge in [0.2, 0.25) is 5.78 Å². The SMILES string of the molecule is Nc1c(-c2c(F)cc(F)cc2F)c(C(Cl)C(F)(F)F)nc2nccn12. The molecule has 132 valence electrons. The van der Waals surface area contributed by atoms with Gasteiger partial charge in [-0.1, -0.05) is 0 Å². The van der Waals surface area contributed by atoms with Crippen LogP contribution in [0, 0.1) is 17.5 Å². The molecule has 0 aliphatic rings. The number of nitrogens with zero attached hydrogens (tertiary/aromatic N) is 3. The highest BCUT2D eigenvalue weighted by atomic mass is 35.5. The summed E-state index contributed by atoms with van der Waals surface area (Å²) in [5.74, 6) is -4.85. The number of halogens is 7. The highest BCUT2D eigenvalue weighted by Crippen LogP contribution is 2.44. The van der Waals surface area contributed by atoms with Gasteiger partial charge in [0, 0.05) is 24.5 Å². The smallest absolute Gasteiger partial charge is 0.384 e. The number of anilines is 1. The zero-order valence-corrected chi connectivity index (χ0v) is 12.7. The Kier molecular flexibility index (Phi) is 4.02. The molecule has 0 bridgehead atoms. The quantitative estimate of drug-likeness (QED) is 0.534. The summed E-state index contributed by atoms with van der Waals surface area (Å²) >= 11 is 5.41. The summed E-state index contributed by atoms with van der Waals surface area (Å²) in [4.78, 5) is 7.33. The lowest BCUT2D eigenvalue weighted by Crippen LogP contribution is -2.20. The molecule has 0 aliphatic heterocycles. The monoisotopic (exact) mass is 380 g/mol. The van der Waals surface area contributed by atoms with Gasteiger partial charge in [-0.3, -0.25) is 4.40 Å². The van der Waals surface area contributed by atoms with E-state index in [1.54, 1.807) is 0 Å². The third-order valence-corrected chi connectivity index (χ3v) is 3.85. The highest BCUT2D eigenvalue weighted by molar-refractivity contribution is 6.21. The number of imidazole rings is 1. The lowest BCUT2D eigenvalue weighted by Gasteiger charge is -2.19. The van der Waals surface area contributed by atoms with Crippen LogP contribution in [0.15, 0.2) is 24.5 Å². The normalized spacial score (nSPS) is 13.4. The molecule has 0 fully saturated rings. The molecule has 0 aliphatic carbocycles. The number of alkyl halides is 4. The van der Waals surface area contributed by atoms with Crippen molar-refractivity contribution in [3.05, 3.63) is 47.7 Å². The zero-order valence-electron chi connectivity index (χ0n) is 12.0. The van der Waals surface area contributed by atoms with E-state index in [1.807, 2.05) is 0 Å². The number of rotatable bonds is 2. The largest absolute Gasteiger partial charge is 0.410 e. The Morgan fingerprint density at radius 1 is 1.08 bits per heavy atom. The van der Waals surface area contributed by atoms with Gasteiger partial charge in [-0.05, 0) is 0 Å². The Morgan fingerprint density at radius 2 is 1.68 bits per heavy atom. The van der Waals surface area contributed by atoms with Crippen molar-refractivity contribution in [3.8, 4) is 11.1 Å². The molecule has 0 spiro atoms. The molecule has 0 amide bonds. The van der Waals surface area contributed by atoms with Crippen LogP contribution in [0.5, 0.6) is 0 Å². The maximum Gasteiger partial charge on any atom is 0.410 e. The predicted molar refractivity (Wildman–Crippen MR) is 77.4 cm³/mol. The van der Waals surface area contributed by atoms with Gasteiger partial charge in [-0.25, -0.2) is 23.1 Å². The average Bonchev–Trinajstić information content (AvgIpc) is 2.95. The van der Waals surface area contributed by atoms with Crippen LogP contribution in [0.4, 0.5) is 32.2 Å². The van der Waals surface area contributed by atoms with E-state index in [-0.39, 0.29) is 5.78 Å². The van der Waals surface area contributed by atoms with Crippen molar-refractivity contribution in [1.29, 1.82) is 0 Å². The summed E-state index contributed by atoms with van der Waals surface area (Å²) in [6.45, 7) is 0. The van der Waals surface area contributed by atoms with Crippen LogP contribution in [0.3, 0.4) is 0 Å². The van der Waals surface area contributed by atoms with Crippen LogP contribution in [0.1, 0.15) is 11.1 Å². The third-order valence-electron chi connectivity index (χ3n) is 3.40. The van der Waals surface area contributed by atoms with Crippen molar-refractivity contribution in [1.82, 2.24) is 14.4 Å². The fraction of sp³-hybridized carbons (Fsp3) is 0.143. The van der Waals surface area contributed by atoms with E-state index < -0.39 is 51.6 Å². The molecule has 3 aromatic rings. The Balaban J connectivity index is 2.43. The van der Waals surface area contributed by atoms with Crippen molar-refractivity contribution in [2.24, 2.45) is 0 Å². The first-order valence-corrected chi connectivity index (χ1v) is 7.03. The summed E-state index contributed by atoms with van der Waals surface area (Å²) in [6, 6.07) is 0.632. The van der Waals surface area contributed by atoms with Crippen LogP contribution >= 0.6 is 11.6 Å². The van der Waals surface area contributed by atoms with E-state index in [0.29, 0.717) is 12.1 Å². The van der Waals surface area contributed by atoms with Gasteiger partial charge in [0.1, 0.15) is 23.3 Å². The number of nitrogen functional groups attached to an aromatic ring is 1. The van der Waals surface area contributed by atoms with Gasteiger partial charge < -0.3 is 5.73 Å². The minimum absolute atomic E-state index is 0.242. The maximum absolute atomic E-state index is 14.1. The van der Waals surface area contributed by atoms with Crippen LogP contribution in [0.25, 0.3) is 16.9 Å². The molecular formula is C14H7ClF6N4. The number of fused-ring (bicyclic) bond motifs is 1. The molecule has 3 rings (SSSR count). The summed E-state index contributed by atoms with van der Waals surface area (Å²) in [5.41, 5.74) is 3.16. The highest BCUT2D eigenvalue weighted by Gasteiger charge is 2.43. The maximum atomic E-state index is 14.1. The zero-order chi connectivity index (χ0) is 18.5. The molecule has 25 heavy (non-hydrogen) atoms.